The Morgan fingerprint density at radius 1 is 1.71 bits per heavy atom. The highest BCUT2D eigenvalue weighted by atomic mass is 79.9. The van der Waals surface area contributed by atoms with E-state index in [1.165, 1.54) is 0 Å². The molecule has 0 atom stereocenters. The van der Waals surface area contributed by atoms with E-state index in [-0.39, 0.29) is 5.75 Å². The van der Waals surface area contributed by atoms with E-state index in [0.717, 1.165) is 0 Å². The van der Waals surface area contributed by atoms with Crippen molar-refractivity contribution in [3.05, 3.63) is 6.92 Å². The fraction of sp³-hybridized carbons (Fsp3) is 0.667. The normalized spacial score (nSPS) is 12.0. The van der Waals surface area contributed by atoms with Gasteiger partial charge in [0.2, 0.25) is 0 Å². The molecule has 0 aliphatic rings. The van der Waals surface area contributed by atoms with E-state index < -0.39 is 4.16 Å². The molecule has 43 valence electrons. The molecule has 0 aromatic carbocycles. The van der Waals surface area contributed by atoms with Gasteiger partial charge in [-0.15, -0.1) is 0 Å². The number of alkyl halides is 3. The average Bonchev–Trinajstić information content (AvgIpc) is 1.30. The molecule has 0 spiro atoms. The Bertz CT molecular complexity index is 51.4. The van der Waals surface area contributed by atoms with Crippen molar-refractivity contribution < 1.29 is 8.78 Å². The quantitative estimate of drug-likeness (QED) is 0.602. The van der Waals surface area contributed by atoms with E-state index in [2.05, 4.69) is 22.9 Å². The Labute approximate surface area is 53.8 Å². The molecule has 0 rings (SSSR count). The minimum atomic E-state index is -2.78. The number of rotatable bonds is 2. The second kappa shape index (κ2) is 2.87. The maximum absolute atomic E-state index is 11.6. The van der Waals surface area contributed by atoms with Crippen molar-refractivity contribution in [2.24, 2.45) is 0 Å². The van der Waals surface area contributed by atoms with Gasteiger partial charge in [0.05, 0.1) is 0 Å². The van der Waals surface area contributed by atoms with Crippen LogP contribution >= 0.6 is 27.7 Å². The molecule has 0 aromatic heterocycles. The number of hydrogen-bond donors (Lipinski definition) is 0. The Morgan fingerprint density at radius 2 is 2.14 bits per heavy atom. The summed E-state index contributed by atoms with van der Waals surface area (Å²) >= 11 is 2.59. The lowest BCUT2D eigenvalue weighted by atomic mass is 11.0. The zero-order valence-corrected chi connectivity index (χ0v) is 5.86. The molecule has 0 aliphatic heterocycles. The molecule has 0 amide bonds. The molecule has 0 saturated carbocycles. The predicted molar refractivity (Wildman–Crippen MR) is 31.7 cm³/mol. The fourth-order valence-corrected chi connectivity index (χ4v) is 0.833. The minimum Gasteiger partial charge on any atom is -0.182 e. The van der Waals surface area contributed by atoms with Gasteiger partial charge < -0.3 is 0 Å². The summed E-state index contributed by atoms with van der Waals surface area (Å²) in [5.41, 5.74) is 0. The molecule has 0 saturated heterocycles. The summed E-state index contributed by atoms with van der Waals surface area (Å²) in [6, 6.07) is 0. The smallest absolute Gasteiger partial charge is 0.182 e. The maximum Gasteiger partial charge on any atom is 0.348 e. The molecule has 0 bridgehead atoms. The summed E-state index contributed by atoms with van der Waals surface area (Å²) in [5, 5.41) is 0. The molecule has 4 heteroatoms. The van der Waals surface area contributed by atoms with Crippen LogP contribution in [0, 0.1) is 6.92 Å². The highest BCUT2D eigenvalue weighted by Gasteiger charge is 2.22. The van der Waals surface area contributed by atoms with Crippen molar-refractivity contribution in [3.8, 4) is 0 Å². The summed E-state index contributed by atoms with van der Waals surface area (Å²) in [6.07, 6.45) is 0. The van der Waals surface area contributed by atoms with Gasteiger partial charge in [-0.25, -0.2) is 0 Å². The van der Waals surface area contributed by atoms with E-state index in [0.29, 0.717) is 11.8 Å². The summed E-state index contributed by atoms with van der Waals surface area (Å²) in [6.45, 7) is 3.22. The highest BCUT2D eigenvalue weighted by Crippen LogP contribution is 2.34. The van der Waals surface area contributed by atoms with E-state index >= 15 is 0 Å². The molecule has 0 unspecified atom stereocenters. The van der Waals surface area contributed by atoms with Gasteiger partial charge in [0, 0.05) is 15.9 Å². The largest absolute Gasteiger partial charge is 0.348 e. The molecular formula is C3H4BrF2S. The van der Waals surface area contributed by atoms with E-state index in [9.17, 15) is 8.78 Å². The van der Waals surface area contributed by atoms with Crippen LogP contribution in [0.15, 0.2) is 0 Å². The van der Waals surface area contributed by atoms with Crippen LogP contribution in [0.25, 0.3) is 0 Å². The molecule has 0 heterocycles. The summed E-state index contributed by atoms with van der Waals surface area (Å²) in [7, 11) is 0. The average molecular weight is 190 g/mol. The fourth-order valence-electron chi connectivity index (χ4n) is 0.116. The van der Waals surface area contributed by atoms with Crippen molar-refractivity contribution in [1.82, 2.24) is 0 Å². The molecular weight excluding hydrogens is 186 g/mol. The number of thioether (sulfide) groups is 1. The first-order valence-electron chi connectivity index (χ1n) is 1.56. The third-order valence-electron chi connectivity index (χ3n) is 0.266. The highest BCUT2D eigenvalue weighted by molar-refractivity contribution is 9.11. The third-order valence-corrected chi connectivity index (χ3v) is 1.48. The van der Waals surface area contributed by atoms with Gasteiger partial charge in [0.25, 0.3) is 0 Å². The summed E-state index contributed by atoms with van der Waals surface area (Å²) in [4.78, 5) is 0. The second-order valence-electron chi connectivity index (χ2n) is 0.794. The van der Waals surface area contributed by atoms with Crippen LogP contribution < -0.4 is 0 Å². The topological polar surface area (TPSA) is 0 Å². The standard InChI is InChI=1S/C3H4BrF2S/c1-2-7-3(4,5)6/h1-2H2. The monoisotopic (exact) mass is 189 g/mol. The summed E-state index contributed by atoms with van der Waals surface area (Å²) < 4.78 is 20.3. The van der Waals surface area contributed by atoms with Crippen LogP contribution in [0.4, 0.5) is 8.78 Å². The molecule has 0 aliphatic carbocycles. The molecule has 0 N–H and O–H groups in total. The maximum atomic E-state index is 11.6. The van der Waals surface area contributed by atoms with Gasteiger partial charge in [-0.3, -0.25) is 0 Å². The third kappa shape index (κ3) is 6.69. The molecule has 0 nitrogen and oxygen atoms in total. The Kier molecular flexibility index (Phi) is 3.15. The minimum absolute atomic E-state index is 0.179. The molecule has 0 aromatic rings. The predicted octanol–water partition coefficient (Wildman–Crippen LogP) is 2.50. The lowest BCUT2D eigenvalue weighted by Gasteiger charge is -2.02. The van der Waals surface area contributed by atoms with Crippen LogP contribution in [0.2, 0.25) is 0 Å². The lowest BCUT2D eigenvalue weighted by Crippen LogP contribution is -1.95. The molecule has 7 heavy (non-hydrogen) atoms. The van der Waals surface area contributed by atoms with Crippen molar-refractivity contribution in [1.29, 1.82) is 0 Å². The van der Waals surface area contributed by atoms with Crippen molar-refractivity contribution in [2.75, 3.05) is 5.75 Å². The first-order chi connectivity index (χ1) is 3.06. The van der Waals surface area contributed by atoms with Crippen molar-refractivity contribution in [2.45, 2.75) is 4.16 Å². The van der Waals surface area contributed by atoms with Crippen molar-refractivity contribution >= 4 is 27.7 Å². The van der Waals surface area contributed by atoms with Gasteiger partial charge >= 0.3 is 4.16 Å². The van der Waals surface area contributed by atoms with Crippen molar-refractivity contribution in [3.63, 3.8) is 0 Å². The molecule has 0 fully saturated rings. The Balaban J connectivity index is 3.15. The number of hydrogen-bond acceptors (Lipinski definition) is 1. The SMILES string of the molecule is [CH2]CSC(F)(F)Br. The van der Waals surface area contributed by atoms with Crippen LogP contribution in [0.5, 0.6) is 0 Å². The second-order valence-corrected chi connectivity index (χ2v) is 3.52. The number of halogens is 3. The Morgan fingerprint density at radius 3 is 2.14 bits per heavy atom. The Hall–Kier alpha value is 0.690. The van der Waals surface area contributed by atoms with E-state index in [1.54, 1.807) is 0 Å². The van der Waals surface area contributed by atoms with E-state index in [1.807, 2.05) is 0 Å². The molecule has 1 radical (unpaired) electrons. The van der Waals surface area contributed by atoms with Gasteiger partial charge in [-0.2, -0.15) is 8.78 Å². The van der Waals surface area contributed by atoms with Crippen LogP contribution in [-0.2, 0) is 0 Å². The first kappa shape index (κ1) is 7.69. The van der Waals surface area contributed by atoms with Gasteiger partial charge in [0.15, 0.2) is 0 Å². The lowest BCUT2D eigenvalue weighted by molar-refractivity contribution is 0.221. The summed E-state index contributed by atoms with van der Waals surface area (Å²) in [5.74, 6) is 0.179. The van der Waals surface area contributed by atoms with Crippen LogP contribution in [-0.4, -0.2) is 9.92 Å². The van der Waals surface area contributed by atoms with Crippen LogP contribution in [0.1, 0.15) is 0 Å². The van der Waals surface area contributed by atoms with Gasteiger partial charge in [-0.05, 0) is 12.7 Å². The van der Waals surface area contributed by atoms with Gasteiger partial charge in [0.1, 0.15) is 0 Å². The van der Waals surface area contributed by atoms with E-state index in [4.69, 9.17) is 0 Å². The zero-order chi connectivity index (χ0) is 5.91. The van der Waals surface area contributed by atoms with Gasteiger partial charge in [-0.1, -0.05) is 11.8 Å². The first-order valence-corrected chi connectivity index (χ1v) is 3.34. The van der Waals surface area contributed by atoms with Crippen LogP contribution in [0.3, 0.4) is 0 Å². The zero-order valence-electron chi connectivity index (χ0n) is 3.46.